The number of nitrogens with zero attached hydrogens (tertiary/aromatic N) is 2. The second-order valence-corrected chi connectivity index (χ2v) is 6.80. The first kappa shape index (κ1) is 23.0. The summed E-state index contributed by atoms with van der Waals surface area (Å²) in [6.45, 7) is 3.69. The van der Waals surface area contributed by atoms with E-state index in [1.165, 1.54) is 19.3 Å². The van der Waals surface area contributed by atoms with Crippen molar-refractivity contribution < 1.29 is 4.74 Å². The highest BCUT2D eigenvalue weighted by molar-refractivity contribution is 14.0. The number of anilines is 1. The molecular weight excluding hydrogens is 441 g/mol. The number of aromatic nitrogens is 1. The Bertz CT molecular complexity index is 508. The summed E-state index contributed by atoms with van der Waals surface area (Å²) in [5.41, 5.74) is 0.403. The fourth-order valence-corrected chi connectivity index (χ4v) is 3.14. The Balaban J connectivity index is 0.00000338. The van der Waals surface area contributed by atoms with Crippen LogP contribution in [-0.2, 0) is 4.74 Å². The summed E-state index contributed by atoms with van der Waals surface area (Å²) in [5.74, 6) is 1.84. The summed E-state index contributed by atoms with van der Waals surface area (Å²) in [6.07, 6.45) is 9.04. The first-order valence-electron chi connectivity index (χ1n) is 9.36. The van der Waals surface area contributed by atoms with Gasteiger partial charge in [0.05, 0.1) is 0 Å². The lowest BCUT2D eigenvalue weighted by atomic mass is 9.67. The normalized spacial score (nSPS) is 15.5. The van der Waals surface area contributed by atoms with Crippen LogP contribution in [0.1, 0.15) is 38.5 Å². The fourth-order valence-electron chi connectivity index (χ4n) is 3.14. The van der Waals surface area contributed by atoms with Crippen molar-refractivity contribution in [2.75, 3.05) is 45.7 Å². The molecule has 1 saturated carbocycles. The van der Waals surface area contributed by atoms with E-state index in [-0.39, 0.29) is 24.0 Å². The molecule has 0 saturated heterocycles. The molecule has 0 amide bonds. The van der Waals surface area contributed by atoms with Crippen molar-refractivity contribution in [3.63, 3.8) is 0 Å². The predicted molar refractivity (Wildman–Crippen MR) is 120 cm³/mol. The molecule has 0 bridgehead atoms. The largest absolute Gasteiger partial charge is 0.385 e. The number of aliphatic imine (C=N–C) groups is 1. The van der Waals surface area contributed by atoms with Gasteiger partial charge in [-0.05, 0) is 49.7 Å². The lowest BCUT2D eigenvalue weighted by molar-refractivity contribution is 0.0732. The van der Waals surface area contributed by atoms with Crippen LogP contribution in [0.3, 0.4) is 0 Å². The molecule has 1 aliphatic carbocycles. The molecule has 148 valence electrons. The molecule has 1 heterocycles. The summed E-state index contributed by atoms with van der Waals surface area (Å²) in [5, 5.41) is 10.2. The van der Waals surface area contributed by atoms with E-state index < -0.39 is 0 Å². The van der Waals surface area contributed by atoms with Crippen LogP contribution in [0.2, 0.25) is 0 Å². The van der Waals surface area contributed by atoms with Crippen LogP contribution in [-0.4, -0.2) is 51.3 Å². The highest BCUT2D eigenvalue weighted by Crippen LogP contribution is 2.43. The van der Waals surface area contributed by atoms with E-state index in [4.69, 9.17) is 4.74 Å². The topological polar surface area (TPSA) is 70.6 Å². The Morgan fingerprint density at radius 3 is 2.65 bits per heavy atom. The average molecular weight is 475 g/mol. The van der Waals surface area contributed by atoms with Gasteiger partial charge in [0.15, 0.2) is 5.96 Å². The molecule has 0 aliphatic heterocycles. The maximum Gasteiger partial charge on any atom is 0.190 e. The summed E-state index contributed by atoms with van der Waals surface area (Å²) >= 11 is 0. The van der Waals surface area contributed by atoms with Gasteiger partial charge in [-0.1, -0.05) is 12.5 Å². The van der Waals surface area contributed by atoms with Crippen molar-refractivity contribution in [3.05, 3.63) is 24.4 Å². The number of guanidine groups is 1. The quantitative estimate of drug-likeness (QED) is 0.198. The molecule has 1 aromatic heterocycles. The van der Waals surface area contributed by atoms with Crippen molar-refractivity contribution in [1.82, 2.24) is 15.6 Å². The molecular formula is C19H34IN5O. The van der Waals surface area contributed by atoms with Crippen molar-refractivity contribution in [2.24, 2.45) is 10.4 Å². The third kappa shape index (κ3) is 8.07. The predicted octanol–water partition coefficient (Wildman–Crippen LogP) is 3.26. The number of pyridine rings is 1. The van der Waals surface area contributed by atoms with Crippen LogP contribution in [0.25, 0.3) is 0 Å². The lowest BCUT2D eigenvalue weighted by Gasteiger charge is -2.42. The van der Waals surface area contributed by atoms with Crippen LogP contribution in [0.4, 0.5) is 5.82 Å². The molecule has 6 nitrogen and oxygen atoms in total. The Morgan fingerprint density at radius 1 is 1.23 bits per heavy atom. The van der Waals surface area contributed by atoms with Gasteiger partial charge in [0.2, 0.25) is 0 Å². The van der Waals surface area contributed by atoms with Crippen molar-refractivity contribution in [3.8, 4) is 0 Å². The van der Waals surface area contributed by atoms with E-state index in [9.17, 15) is 0 Å². The number of rotatable bonds is 11. The number of unbranched alkanes of at least 4 members (excludes halogenated alkanes) is 1. The average Bonchev–Trinajstić information content (AvgIpc) is 2.62. The van der Waals surface area contributed by atoms with E-state index in [0.717, 1.165) is 57.3 Å². The van der Waals surface area contributed by atoms with Gasteiger partial charge in [-0.3, -0.25) is 4.99 Å². The van der Waals surface area contributed by atoms with Gasteiger partial charge in [0, 0.05) is 46.6 Å². The molecule has 2 rings (SSSR count). The number of ether oxygens (including phenoxy) is 1. The second-order valence-electron chi connectivity index (χ2n) is 6.80. The summed E-state index contributed by atoms with van der Waals surface area (Å²) in [4.78, 5) is 8.59. The molecule has 0 aromatic carbocycles. The maximum absolute atomic E-state index is 5.26. The van der Waals surface area contributed by atoms with Crippen LogP contribution in [0, 0.1) is 5.41 Å². The van der Waals surface area contributed by atoms with Gasteiger partial charge in [0.25, 0.3) is 0 Å². The summed E-state index contributed by atoms with van der Waals surface area (Å²) < 4.78 is 5.26. The zero-order valence-corrected chi connectivity index (χ0v) is 18.4. The molecule has 3 N–H and O–H groups in total. The van der Waals surface area contributed by atoms with E-state index in [2.05, 4.69) is 25.9 Å². The summed E-state index contributed by atoms with van der Waals surface area (Å²) in [6, 6.07) is 5.91. The minimum atomic E-state index is 0. The van der Waals surface area contributed by atoms with Gasteiger partial charge in [-0.15, -0.1) is 24.0 Å². The Kier molecular flexibility index (Phi) is 11.6. The molecule has 0 radical (unpaired) electrons. The van der Waals surface area contributed by atoms with E-state index in [1.807, 2.05) is 25.2 Å². The van der Waals surface area contributed by atoms with Gasteiger partial charge in [0.1, 0.15) is 5.82 Å². The Hall–Kier alpha value is -1.09. The molecule has 0 unspecified atom stereocenters. The van der Waals surface area contributed by atoms with Crippen LogP contribution < -0.4 is 16.0 Å². The van der Waals surface area contributed by atoms with Crippen molar-refractivity contribution >= 4 is 35.8 Å². The third-order valence-corrected chi connectivity index (χ3v) is 4.97. The van der Waals surface area contributed by atoms with Gasteiger partial charge in [-0.25, -0.2) is 4.98 Å². The summed E-state index contributed by atoms with van der Waals surface area (Å²) in [7, 11) is 3.61. The maximum atomic E-state index is 5.26. The second kappa shape index (κ2) is 13.1. The molecule has 1 fully saturated rings. The van der Waals surface area contributed by atoms with Gasteiger partial charge >= 0.3 is 0 Å². The van der Waals surface area contributed by atoms with Gasteiger partial charge in [-0.2, -0.15) is 0 Å². The number of halogens is 1. The zero-order valence-electron chi connectivity index (χ0n) is 16.1. The Labute approximate surface area is 175 Å². The first-order chi connectivity index (χ1) is 12.3. The van der Waals surface area contributed by atoms with E-state index >= 15 is 0 Å². The molecule has 26 heavy (non-hydrogen) atoms. The van der Waals surface area contributed by atoms with Crippen LogP contribution >= 0.6 is 24.0 Å². The van der Waals surface area contributed by atoms with E-state index in [0.29, 0.717) is 5.41 Å². The molecule has 0 atom stereocenters. The Morgan fingerprint density at radius 2 is 2.04 bits per heavy atom. The fraction of sp³-hybridized carbons (Fsp3) is 0.684. The standard InChI is InChI=1S/C19H33N5O.HI/c1-20-18(24-16-19(9-7-10-19)11-15-25-2)23-14-6-5-13-22-17-8-3-4-12-21-17;/h3-4,8,12H,5-7,9-11,13-16H2,1-2H3,(H,21,22)(H2,20,23,24);1H. The molecule has 0 spiro atoms. The zero-order chi connectivity index (χ0) is 17.8. The number of methoxy groups -OCH3 is 1. The van der Waals surface area contributed by atoms with Crippen molar-refractivity contribution in [1.29, 1.82) is 0 Å². The number of hydrogen-bond acceptors (Lipinski definition) is 4. The smallest absolute Gasteiger partial charge is 0.190 e. The number of hydrogen-bond donors (Lipinski definition) is 3. The van der Waals surface area contributed by atoms with Gasteiger partial charge < -0.3 is 20.7 Å². The highest BCUT2D eigenvalue weighted by atomic mass is 127. The number of nitrogens with one attached hydrogen (secondary N) is 3. The van der Waals surface area contributed by atoms with Crippen molar-refractivity contribution in [2.45, 2.75) is 38.5 Å². The highest BCUT2D eigenvalue weighted by Gasteiger charge is 2.36. The van der Waals surface area contributed by atoms with Crippen LogP contribution in [0.15, 0.2) is 29.4 Å². The minimum absolute atomic E-state index is 0. The molecule has 1 aromatic rings. The lowest BCUT2D eigenvalue weighted by Crippen LogP contribution is -2.47. The monoisotopic (exact) mass is 475 g/mol. The minimum Gasteiger partial charge on any atom is -0.385 e. The SMILES string of the molecule is CN=C(NCCCCNc1ccccn1)NCC1(CCOC)CCC1.I. The van der Waals surface area contributed by atoms with E-state index in [1.54, 1.807) is 13.3 Å². The first-order valence-corrected chi connectivity index (χ1v) is 9.36. The molecule has 1 aliphatic rings. The van der Waals surface area contributed by atoms with Crippen LogP contribution in [0.5, 0.6) is 0 Å². The molecule has 7 heteroatoms. The third-order valence-electron chi connectivity index (χ3n) is 4.97.